The molecule has 0 fully saturated rings. The van der Waals surface area contributed by atoms with Gasteiger partial charge in [-0.1, -0.05) is 36.4 Å². The second kappa shape index (κ2) is 10.8. The first-order chi connectivity index (χ1) is 18.9. The van der Waals surface area contributed by atoms with Crippen molar-refractivity contribution in [2.24, 2.45) is 5.92 Å². The molecular formula is C29H22N8O2. The number of rotatable bonds is 7. The van der Waals surface area contributed by atoms with Crippen molar-refractivity contribution < 1.29 is 9.53 Å². The number of carbonyl (C=O) groups excluding carboxylic acids is 1. The Bertz CT molecular complexity index is 1720. The van der Waals surface area contributed by atoms with Gasteiger partial charge in [0.25, 0.3) is 0 Å². The molecular weight excluding hydrogens is 492 g/mol. The van der Waals surface area contributed by atoms with E-state index in [0.29, 0.717) is 39.2 Å². The number of nitriles is 2. The molecule has 190 valence electrons. The van der Waals surface area contributed by atoms with E-state index in [1.54, 1.807) is 82.4 Å². The smallest absolute Gasteiger partial charge is 0.338 e. The van der Waals surface area contributed by atoms with Crippen molar-refractivity contribution in [3.63, 3.8) is 0 Å². The lowest BCUT2D eigenvalue weighted by Gasteiger charge is -2.11. The number of esters is 1. The normalized spacial score (nSPS) is 10.7. The van der Waals surface area contributed by atoms with Crippen molar-refractivity contribution in [1.29, 1.82) is 10.5 Å². The van der Waals surface area contributed by atoms with E-state index in [1.807, 2.05) is 19.9 Å². The number of benzene rings is 3. The van der Waals surface area contributed by atoms with Crippen molar-refractivity contribution in [2.45, 2.75) is 13.8 Å². The Hall–Kier alpha value is -5.61. The summed E-state index contributed by atoms with van der Waals surface area (Å²) in [6, 6.07) is 23.4. The number of aromatic nitrogens is 6. The Balaban J connectivity index is 1.50. The zero-order chi connectivity index (χ0) is 27.4. The van der Waals surface area contributed by atoms with Gasteiger partial charge in [0.1, 0.15) is 11.4 Å². The van der Waals surface area contributed by atoms with Gasteiger partial charge in [-0.2, -0.15) is 10.5 Å². The van der Waals surface area contributed by atoms with Gasteiger partial charge in [0.05, 0.1) is 59.2 Å². The highest BCUT2D eigenvalue weighted by atomic mass is 16.5. The third-order valence-corrected chi connectivity index (χ3v) is 5.87. The van der Waals surface area contributed by atoms with Crippen molar-refractivity contribution in [1.82, 2.24) is 30.0 Å². The first kappa shape index (κ1) is 25.1. The molecule has 0 aliphatic heterocycles. The van der Waals surface area contributed by atoms with Crippen LogP contribution in [0.1, 0.15) is 35.3 Å². The molecule has 0 unspecified atom stereocenters. The molecule has 39 heavy (non-hydrogen) atoms. The lowest BCUT2D eigenvalue weighted by atomic mass is 10.0. The first-order valence-corrected chi connectivity index (χ1v) is 12.1. The van der Waals surface area contributed by atoms with E-state index in [2.05, 4.69) is 32.8 Å². The van der Waals surface area contributed by atoms with Crippen LogP contribution in [0.3, 0.4) is 0 Å². The monoisotopic (exact) mass is 514 g/mol. The highest BCUT2D eigenvalue weighted by Gasteiger charge is 2.20. The van der Waals surface area contributed by atoms with Gasteiger partial charge >= 0.3 is 5.97 Å². The molecule has 0 bridgehead atoms. The number of carbonyl (C=O) groups is 1. The molecule has 0 saturated heterocycles. The molecule has 3 aromatic carbocycles. The van der Waals surface area contributed by atoms with E-state index in [-0.39, 0.29) is 12.5 Å². The van der Waals surface area contributed by atoms with E-state index in [9.17, 15) is 4.79 Å². The van der Waals surface area contributed by atoms with Crippen LogP contribution in [0.15, 0.2) is 79.1 Å². The third kappa shape index (κ3) is 5.41. The van der Waals surface area contributed by atoms with E-state index >= 15 is 0 Å². The molecule has 10 nitrogen and oxygen atoms in total. The number of hydrogen-bond donors (Lipinski definition) is 0. The minimum absolute atomic E-state index is 0.171. The summed E-state index contributed by atoms with van der Waals surface area (Å²) >= 11 is 0. The van der Waals surface area contributed by atoms with Crippen molar-refractivity contribution in [3.05, 3.63) is 95.8 Å². The minimum atomic E-state index is -0.479. The summed E-state index contributed by atoms with van der Waals surface area (Å²) in [5.74, 6) is -0.307. The van der Waals surface area contributed by atoms with Crippen LogP contribution in [-0.4, -0.2) is 42.6 Å². The van der Waals surface area contributed by atoms with E-state index in [4.69, 9.17) is 15.3 Å². The number of nitrogens with zero attached hydrogens (tertiary/aromatic N) is 8. The highest BCUT2D eigenvalue weighted by Crippen LogP contribution is 2.29. The Labute approximate surface area is 224 Å². The molecule has 0 saturated carbocycles. The maximum absolute atomic E-state index is 13.2. The Morgan fingerprint density at radius 1 is 0.821 bits per heavy atom. The minimum Gasteiger partial charge on any atom is -0.462 e. The van der Waals surface area contributed by atoms with Gasteiger partial charge in [-0.3, -0.25) is 0 Å². The molecule has 5 aromatic rings. The summed E-state index contributed by atoms with van der Waals surface area (Å²) in [6.07, 6.45) is 3.47. The van der Waals surface area contributed by atoms with Crippen molar-refractivity contribution >= 4 is 5.97 Å². The Morgan fingerprint density at radius 2 is 1.36 bits per heavy atom. The molecule has 0 aliphatic carbocycles. The van der Waals surface area contributed by atoms with Gasteiger partial charge in [0.15, 0.2) is 0 Å². The van der Waals surface area contributed by atoms with Crippen LogP contribution in [0.2, 0.25) is 0 Å². The molecule has 2 aromatic heterocycles. The Morgan fingerprint density at radius 3 is 1.90 bits per heavy atom. The van der Waals surface area contributed by atoms with Crippen molar-refractivity contribution in [3.8, 4) is 46.0 Å². The van der Waals surface area contributed by atoms with Crippen molar-refractivity contribution in [2.75, 3.05) is 6.61 Å². The van der Waals surface area contributed by atoms with Gasteiger partial charge in [0, 0.05) is 11.1 Å². The number of hydrogen-bond acceptors (Lipinski definition) is 8. The Kier molecular flexibility index (Phi) is 6.93. The average molecular weight is 515 g/mol. The summed E-state index contributed by atoms with van der Waals surface area (Å²) < 4.78 is 8.75. The fourth-order valence-electron chi connectivity index (χ4n) is 3.83. The second-order valence-electron chi connectivity index (χ2n) is 9.17. The summed E-state index contributed by atoms with van der Waals surface area (Å²) in [5.41, 5.74) is 5.19. The van der Waals surface area contributed by atoms with Gasteiger partial charge < -0.3 is 4.74 Å². The maximum atomic E-state index is 13.2. The van der Waals surface area contributed by atoms with E-state index < -0.39 is 5.97 Å². The molecule has 0 N–H and O–H groups in total. The standard InChI is InChI=1S/C29H22N8O2/c1-19(2)18-39-29(38)26-13-22(27-16-36(34-32-27)23-8-3-20(14-30)4-9-23)7-12-25(26)28-17-37(35-33-28)24-10-5-21(15-31)6-11-24/h3-13,16-17,19H,18H2,1-2H3. The predicted octanol–water partition coefficient (Wildman–Crippen LogP) is 4.74. The molecule has 0 spiro atoms. The summed E-state index contributed by atoms with van der Waals surface area (Å²) in [4.78, 5) is 13.2. The zero-order valence-corrected chi connectivity index (χ0v) is 21.2. The summed E-state index contributed by atoms with van der Waals surface area (Å²) in [7, 11) is 0. The lowest BCUT2D eigenvalue weighted by Crippen LogP contribution is -2.11. The molecule has 0 aliphatic rings. The number of ether oxygens (including phenoxy) is 1. The van der Waals surface area contributed by atoms with Gasteiger partial charge in [-0.25, -0.2) is 14.2 Å². The van der Waals surface area contributed by atoms with Crippen LogP contribution < -0.4 is 0 Å². The molecule has 5 rings (SSSR count). The highest BCUT2D eigenvalue weighted by molar-refractivity contribution is 5.98. The van der Waals surface area contributed by atoms with Crippen LogP contribution in [0, 0.1) is 28.6 Å². The lowest BCUT2D eigenvalue weighted by molar-refractivity contribution is 0.0460. The van der Waals surface area contributed by atoms with Crippen LogP contribution in [0.25, 0.3) is 33.9 Å². The topological polar surface area (TPSA) is 135 Å². The SMILES string of the molecule is CC(C)COC(=O)c1cc(-c2cn(-c3ccc(C#N)cc3)nn2)ccc1-c1cn(-c2ccc(C#N)cc2)nn1. The molecule has 0 radical (unpaired) electrons. The van der Waals surface area contributed by atoms with Crippen LogP contribution >= 0.6 is 0 Å². The van der Waals surface area contributed by atoms with Gasteiger partial charge in [-0.05, 0) is 60.5 Å². The zero-order valence-electron chi connectivity index (χ0n) is 21.2. The fraction of sp³-hybridized carbons (Fsp3) is 0.138. The molecule has 0 amide bonds. The predicted molar refractivity (Wildman–Crippen MR) is 142 cm³/mol. The van der Waals surface area contributed by atoms with Gasteiger partial charge in [0.2, 0.25) is 0 Å². The van der Waals surface area contributed by atoms with Crippen LogP contribution in [-0.2, 0) is 4.74 Å². The average Bonchev–Trinajstić information content (AvgIpc) is 3.67. The molecule has 10 heteroatoms. The summed E-state index contributed by atoms with van der Waals surface area (Å²) in [5, 5.41) is 35.1. The summed E-state index contributed by atoms with van der Waals surface area (Å²) in [6.45, 7) is 4.21. The molecule has 0 atom stereocenters. The van der Waals surface area contributed by atoms with E-state index in [1.165, 1.54) is 0 Å². The second-order valence-corrected chi connectivity index (χ2v) is 9.17. The van der Waals surface area contributed by atoms with Gasteiger partial charge in [-0.15, -0.1) is 10.2 Å². The van der Waals surface area contributed by atoms with Crippen LogP contribution in [0.4, 0.5) is 0 Å². The third-order valence-electron chi connectivity index (χ3n) is 5.87. The fourth-order valence-corrected chi connectivity index (χ4v) is 3.83. The van der Waals surface area contributed by atoms with E-state index in [0.717, 1.165) is 11.4 Å². The molecule has 2 heterocycles. The maximum Gasteiger partial charge on any atom is 0.338 e. The largest absolute Gasteiger partial charge is 0.462 e. The van der Waals surface area contributed by atoms with Crippen LogP contribution in [0.5, 0.6) is 0 Å². The quantitative estimate of drug-likeness (QED) is 0.284. The first-order valence-electron chi connectivity index (χ1n) is 12.1.